The van der Waals surface area contributed by atoms with Crippen LogP contribution in [0.2, 0.25) is 0 Å². The second-order valence-corrected chi connectivity index (χ2v) is 11.7. The van der Waals surface area contributed by atoms with Crippen molar-refractivity contribution in [3.63, 3.8) is 0 Å². The predicted molar refractivity (Wildman–Crippen MR) is 171 cm³/mol. The second-order valence-electron chi connectivity index (χ2n) is 11.7. The maximum Gasteiger partial charge on any atom is 0.408 e. The molecule has 1 heterocycles. The number of fused-ring (bicyclic) bond motifs is 1. The van der Waals surface area contributed by atoms with Crippen molar-refractivity contribution in [3.05, 3.63) is 138 Å². The topological polar surface area (TPSA) is 94.5 Å². The van der Waals surface area contributed by atoms with E-state index in [4.69, 9.17) is 14.6 Å². The average Bonchev–Trinajstić information content (AvgIpc) is 3.35. The molecule has 0 aliphatic heterocycles. The van der Waals surface area contributed by atoms with Crippen molar-refractivity contribution in [2.75, 3.05) is 0 Å². The lowest BCUT2D eigenvalue weighted by molar-refractivity contribution is -0.145. The van der Waals surface area contributed by atoms with Gasteiger partial charge in [0.05, 0.1) is 11.0 Å². The average molecular weight is 591 g/mol. The van der Waals surface area contributed by atoms with Crippen LogP contribution in [0.15, 0.2) is 115 Å². The fourth-order valence-electron chi connectivity index (χ4n) is 5.30. The Morgan fingerprint density at radius 3 is 1.77 bits per heavy atom. The lowest BCUT2D eigenvalue weighted by atomic mass is 9.80. The third kappa shape index (κ3) is 6.82. The molecule has 5 rings (SSSR count). The van der Waals surface area contributed by atoms with E-state index in [1.54, 1.807) is 20.8 Å². The third-order valence-corrected chi connectivity index (χ3v) is 7.39. The maximum atomic E-state index is 13.9. The number of alkyl carbamates (subject to hydrolysis) is 1. The number of aryl methyl sites for hydroxylation is 2. The number of benzene rings is 4. The SMILES string of the molecule is Cn1c(CCC(NC(=O)OC(C)(C)C)C(=O)NOC(c2ccccc2)(c2ccccc2)c2ccccc2)nc2ccccc21. The van der Waals surface area contributed by atoms with Crippen molar-refractivity contribution >= 4 is 23.0 Å². The number of para-hydroxylation sites is 2. The molecule has 0 spiro atoms. The van der Waals surface area contributed by atoms with Crippen LogP contribution in [0, 0.1) is 0 Å². The molecule has 1 aromatic heterocycles. The monoisotopic (exact) mass is 590 g/mol. The molecule has 0 aliphatic rings. The van der Waals surface area contributed by atoms with Crippen LogP contribution >= 0.6 is 0 Å². The summed E-state index contributed by atoms with van der Waals surface area (Å²) in [4.78, 5) is 38.1. The van der Waals surface area contributed by atoms with Gasteiger partial charge < -0.3 is 14.6 Å². The maximum absolute atomic E-state index is 13.9. The minimum Gasteiger partial charge on any atom is -0.444 e. The first-order valence-corrected chi connectivity index (χ1v) is 14.7. The summed E-state index contributed by atoms with van der Waals surface area (Å²) in [5.41, 5.74) is 5.16. The van der Waals surface area contributed by atoms with Gasteiger partial charge in [0, 0.05) is 13.5 Å². The fourth-order valence-corrected chi connectivity index (χ4v) is 5.30. The van der Waals surface area contributed by atoms with Gasteiger partial charge in [-0.25, -0.2) is 15.3 Å². The largest absolute Gasteiger partial charge is 0.444 e. The zero-order chi connectivity index (χ0) is 31.2. The van der Waals surface area contributed by atoms with Gasteiger partial charge in [-0.05, 0) is 56.0 Å². The molecule has 0 radical (unpaired) electrons. The molecule has 226 valence electrons. The number of hydrogen-bond donors (Lipinski definition) is 2. The Hall–Kier alpha value is -4.95. The summed E-state index contributed by atoms with van der Waals surface area (Å²) in [7, 11) is 1.94. The van der Waals surface area contributed by atoms with Crippen molar-refractivity contribution in [3.8, 4) is 0 Å². The predicted octanol–water partition coefficient (Wildman–Crippen LogP) is 6.44. The van der Waals surface area contributed by atoms with E-state index in [0.29, 0.717) is 6.42 Å². The third-order valence-electron chi connectivity index (χ3n) is 7.39. The Morgan fingerprint density at radius 1 is 0.773 bits per heavy atom. The van der Waals surface area contributed by atoms with E-state index in [2.05, 4.69) is 10.8 Å². The van der Waals surface area contributed by atoms with Crippen LogP contribution in [0.3, 0.4) is 0 Å². The Balaban J connectivity index is 1.46. The summed E-state index contributed by atoms with van der Waals surface area (Å²) in [6.07, 6.45) is 0.00373. The lowest BCUT2D eigenvalue weighted by Gasteiger charge is -2.35. The number of imidazole rings is 1. The van der Waals surface area contributed by atoms with Crippen LogP contribution in [0.5, 0.6) is 0 Å². The van der Waals surface area contributed by atoms with Crippen LogP contribution in [-0.2, 0) is 33.4 Å². The van der Waals surface area contributed by atoms with E-state index in [0.717, 1.165) is 33.5 Å². The zero-order valence-electron chi connectivity index (χ0n) is 25.5. The van der Waals surface area contributed by atoms with Gasteiger partial charge in [-0.15, -0.1) is 0 Å². The van der Waals surface area contributed by atoms with Crippen molar-refractivity contribution in [1.82, 2.24) is 20.3 Å². The highest BCUT2D eigenvalue weighted by Crippen LogP contribution is 2.39. The van der Waals surface area contributed by atoms with Crippen molar-refractivity contribution in [1.29, 1.82) is 0 Å². The molecule has 0 saturated heterocycles. The number of amides is 2. The van der Waals surface area contributed by atoms with E-state index in [9.17, 15) is 9.59 Å². The van der Waals surface area contributed by atoms with Crippen LogP contribution in [0.25, 0.3) is 11.0 Å². The van der Waals surface area contributed by atoms with Crippen molar-refractivity contribution in [2.24, 2.45) is 7.05 Å². The van der Waals surface area contributed by atoms with Gasteiger partial charge >= 0.3 is 6.09 Å². The summed E-state index contributed by atoms with van der Waals surface area (Å²) < 4.78 is 7.50. The number of ether oxygens (including phenoxy) is 1. The first-order chi connectivity index (χ1) is 21.2. The van der Waals surface area contributed by atoms with Gasteiger partial charge in [-0.2, -0.15) is 0 Å². The molecule has 2 N–H and O–H groups in total. The molecule has 44 heavy (non-hydrogen) atoms. The summed E-state index contributed by atoms with van der Waals surface area (Å²) in [6.45, 7) is 5.33. The van der Waals surface area contributed by atoms with Gasteiger partial charge in [-0.3, -0.25) is 9.63 Å². The summed E-state index contributed by atoms with van der Waals surface area (Å²) in [5.74, 6) is 0.282. The molecular weight excluding hydrogens is 552 g/mol. The first kappa shape index (κ1) is 30.5. The quantitative estimate of drug-likeness (QED) is 0.144. The Kier molecular flexibility index (Phi) is 9.11. The van der Waals surface area contributed by atoms with E-state index in [1.165, 1.54) is 0 Å². The molecule has 5 aromatic rings. The number of nitrogens with zero attached hydrogens (tertiary/aromatic N) is 2. The number of hydrogen-bond acceptors (Lipinski definition) is 5. The van der Waals surface area contributed by atoms with Gasteiger partial charge in [-0.1, -0.05) is 103 Å². The molecule has 0 saturated carbocycles. The molecule has 2 amide bonds. The smallest absolute Gasteiger partial charge is 0.408 e. The highest BCUT2D eigenvalue weighted by Gasteiger charge is 2.39. The van der Waals surface area contributed by atoms with E-state index in [1.807, 2.05) is 127 Å². The molecule has 0 fully saturated rings. The summed E-state index contributed by atoms with van der Waals surface area (Å²) in [6, 6.07) is 36.1. The number of hydroxylamine groups is 1. The molecule has 0 bridgehead atoms. The number of carbonyl (C=O) groups is 2. The lowest BCUT2D eigenvalue weighted by Crippen LogP contribution is -2.50. The number of rotatable bonds is 10. The van der Waals surface area contributed by atoms with Crippen LogP contribution in [0.4, 0.5) is 4.79 Å². The number of aromatic nitrogens is 2. The Bertz CT molecular complexity index is 1600. The second kappa shape index (κ2) is 13.1. The normalized spacial score (nSPS) is 12.5. The molecule has 4 aromatic carbocycles. The summed E-state index contributed by atoms with van der Waals surface area (Å²) in [5, 5.41) is 2.76. The van der Waals surface area contributed by atoms with Crippen LogP contribution in [-0.4, -0.2) is 33.2 Å². The molecular formula is C36H38N4O4. The molecule has 1 atom stereocenters. The number of nitrogens with one attached hydrogen (secondary N) is 2. The zero-order valence-corrected chi connectivity index (χ0v) is 25.5. The highest BCUT2D eigenvalue weighted by atomic mass is 16.7. The highest BCUT2D eigenvalue weighted by molar-refractivity contribution is 5.85. The van der Waals surface area contributed by atoms with E-state index < -0.39 is 29.2 Å². The summed E-state index contributed by atoms with van der Waals surface area (Å²) >= 11 is 0. The van der Waals surface area contributed by atoms with Crippen molar-refractivity contribution < 1.29 is 19.2 Å². The van der Waals surface area contributed by atoms with Crippen LogP contribution in [0.1, 0.15) is 49.7 Å². The number of carbonyl (C=O) groups excluding carboxylic acids is 2. The van der Waals surface area contributed by atoms with Crippen LogP contribution < -0.4 is 10.8 Å². The van der Waals surface area contributed by atoms with Gasteiger partial charge in [0.25, 0.3) is 5.91 Å². The Labute approximate surface area is 258 Å². The first-order valence-electron chi connectivity index (χ1n) is 14.7. The molecule has 8 nitrogen and oxygen atoms in total. The minimum atomic E-state index is -1.17. The van der Waals surface area contributed by atoms with Gasteiger partial charge in [0.1, 0.15) is 17.5 Å². The van der Waals surface area contributed by atoms with Gasteiger partial charge in [0.15, 0.2) is 5.60 Å². The standard InChI is InChI=1S/C36H38N4O4/c1-35(2,3)43-34(42)38-30(24-25-32-37-29-22-14-15-23-31(29)40(32)4)33(41)39-44-36(26-16-8-5-9-17-26,27-18-10-6-11-19-27)28-20-12-7-13-21-28/h5-23,30H,24-25H2,1-4H3,(H,38,42)(H,39,41). The molecule has 1 unspecified atom stereocenters. The Morgan fingerprint density at radius 2 is 1.27 bits per heavy atom. The van der Waals surface area contributed by atoms with Gasteiger partial charge in [0.2, 0.25) is 0 Å². The minimum absolute atomic E-state index is 0.264. The van der Waals surface area contributed by atoms with E-state index >= 15 is 0 Å². The molecule has 0 aliphatic carbocycles. The fraction of sp³-hybridized carbons (Fsp3) is 0.250. The van der Waals surface area contributed by atoms with Crippen molar-refractivity contribution in [2.45, 2.75) is 50.9 Å². The molecule has 8 heteroatoms. The van der Waals surface area contributed by atoms with E-state index in [-0.39, 0.29) is 6.42 Å².